The first kappa shape index (κ1) is 12.1. The summed E-state index contributed by atoms with van der Waals surface area (Å²) >= 11 is 3.44. The van der Waals surface area contributed by atoms with E-state index in [1.54, 1.807) is 4.68 Å². The van der Waals surface area contributed by atoms with Gasteiger partial charge in [-0.2, -0.15) is 0 Å². The molecule has 0 bridgehead atoms. The molecule has 0 radical (unpaired) electrons. The van der Waals surface area contributed by atoms with E-state index in [2.05, 4.69) is 38.4 Å². The molecule has 0 aliphatic carbocycles. The Morgan fingerprint density at radius 2 is 1.68 bits per heavy atom. The van der Waals surface area contributed by atoms with Crippen LogP contribution in [0.15, 0.2) is 60.8 Å². The highest BCUT2D eigenvalue weighted by atomic mass is 79.9. The highest BCUT2D eigenvalue weighted by Crippen LogP contribution is 2.17. The minimum absolute atomic E-state index is 0.861. The molecule has 3 aromatic rings. The van der Waals surface area contributed by atoms with Crippen LogP contribution in [0.5, 0.6) is 0 Å². The largest absolute Gasteiger partial charge is 0.220 e. The highest BCUT2D eigenvalue weighted by molar-refractivity contribution is 9.08. The Hall–Kier alpha value is -1.94. The van der Waals surface area contributed by atoms with E-state index in [4.69, 9.17) is 0 Å². The third kappa shape index (κ3) is 2.58. The van der Waals surface area contributed by atoms with E-state index >= 15 is 0 Å². The van der Waals surface area contributed by atoms with Crippen molar-refractivity contribution in [1.29, 1.82) is 0 Å². The van der Waals surface area contributed by atoms with Gasteiger partial charge in [0.05, 0.1) is 11.9 Å². The van der Waals surface area contributed by atoms with Crippen molar-refractivity contribution in [2.75, 3.05) is 0 Å². The van der Waals surface area contributed by atoms with Gasteiger partial charge in [0.25, 0.3) is 0 Å². The van der Waals surface area contributed by atoms with Gasteiger partial charge in [0, 0.05) is 10.9 Å². The highest BCUT2D eigenvalue weighted by Gasteiger charge is 2.04. The fourth-order valence-electron chi connectivity index (χ4n) is 1.87. The van der Waals surface area contributed by atoms with Crippen LogP contribution in [-0.4, -0.2) is 15.0 Å². The Balaban J connectivity index is 1.92. The van der Waals surface area contributed by atoms with Crippen molar-refractivity contribution in [2.45, 2.75) is 5.33 Å². The number of hydrogen-bond donors (Lipinski definition) is 0. The first-order valence-corrected chi connectivity index (χ1v) is 7.12. The average Bonchev–Trinajstić information content (AvgIpc) is 2.98. The molecule has 0 amide bonds. The summed E-state index contributed by atoms with van der Waals surface area (Å²) < 4.78 is 1.79. The summed E-state index contributed by atoms with van der Waals surface area (Å²) in [5.41, 5.74) is 4.21. The molecule has 19 heavy (non-hydrogen) atoms. The van der Waals surface area contributed by atoms with Crippen LogP contribution < -0.4 is 0 Å². The Bertz CT molecular complexity index is 659. The SMILES string of the molecule is BrCc1ccc(-n2cc(-c3ccccc3)nn2)cc1. The summed E-state index contributed by atoms with van der Waals surface area (Å²) in [4.78, 5) is 0. The maximum absolute atomic E-state index is 4.21. The quantitative estimate of drug-likeness (QED) is 0.688. The van der Waals surface area contributed by atoms with Crippen LogP contribution in [0, 0.1) is 0 Å². The van der Waals surface area contributed by atoms with Gasteiger partial charge in [0.15, 0.2) is 0 Å². The van der Waals surface area contributed by atoms with Crippen molar-refractivity contribution >= 4 is 15.9 Å². The molecule has 3 nitrogen and oxygen atoms in total. The van der Waals surface area contributed by atoms with Crippen LogP contribution in [0.3, 0.4) is 0 Å². The fraction of sp³-hybridized carbons (Fsp3) is 0.0667. The van der Waals surface area contributed by atoms with Crippen LogP contribution in [0.2, 0.25) is 0 Å². The fourth-order valence-corrected chi connectivity index (χ4v) is 2.24. The monoisotopic (exact) mass is 313 g/mol. The van der Waals surface area contributed by atoms with Gasteiger partial charge in [-0.05, 0) is 17.7 Å². The molecule has 0 N–H and O–H groups in total. The van der Waals surface area contributed by atoms with Crippen LogP contribution >= 0.6 is 15.9 Å². The lowest BCUT2D eigenvalue weighted by atomic mass is 10.2. The molecule has 0 saturated heterocycles. The van der Waals surface area contributed by atoms with Crippen molar-refractivity contribution in [2.24, 2.45) is 0 Å². The predicted octanol–water partition coefficient (Wildman–Crippen LogP) is 3.83. The molecule has 1 heterocycles. The minimum Gasteiger partial charge on any atom is -0.220 e. The predicted molar refractivity (Wildman–Crippen MR) is 79.4 cm³/mol. The van der Waals surface area contributed by atoms with Crippen LogP contribution in [-0.2, 0) is 5.33 Å². The second-order valence-corrected chi connectivity index (χ2v) is 4.78. The zero-order valence-electron chi connectivity index (χ0n) is 10.2. The molecule has 0 atom stereocenters. The lowest BCUT2D eigenvalue weighted by molar-refractivity contribution is 0.803. The lowest BCUT2D eigenvalue weighted by Crippen LogP contribution is -1.94. The number of aromatic nitrogens is 3. The van der Waals surface area contributed by atoms with Crippen molar-refractivity contribution < 1.29 is 0 Å². The van der Waals surface area contributed by atoms with Gasteiger partial charge in [0.1, 0.15) is 5.69 Å². The Morgan fingerprint density at radius 3 is 2.37 bits per heavy atom. The molecule has 1 aromatic heterocycles. The lowest BCUT2D eigenvalue weighted by Gasteiger charge is -2.00. The van der Waals surface area contributed by atoms with E-state index < -0.39 is 0 Å². The number of hydrogen-bond acceptors (Lipinski definition) is 2. The van der Waals surface area contributed by atoms with E-state index in [1.165, 1.54) is 5.56 Å². The summed E-state index contributed by atoms with van der Waals surface area (Å²) in [5.74, 6) is 0. The third-order valence-electron chi connectivity index (χ3n) is 2.92. The average molecular weight is 314 g/mol. The van der Waals surface area contributed by atoms with E-state index in [0.717, 1.165) is 22.3 Å². The van der Waals surface area contributed by atoms with E-state index in [0.29, 0.717) is 0 Å². The number of alkyl halides is 1. The van der Waals surface area contributed by atoms with E-state index in [-0.39, 0.29) is 0 Å². The summed E-state index contributed by atoms with van der Waals surface area (Å²) in [5, 5.41) is 9.24. The maximum Gasteiger partial charge on any atom is 0.113 e. The molecule has 3 rings (SSSR count). The Kier molecular flexibility index (Phi) is 3.42. The second-order valence-electron chi connectivity index (χ2n) is 4.21. The van der Waals surface area contributed by atoms with Crippen molar-refractivity contribution in [3.63, 3.8) is 0 Å². The van der Waals surface area contributed by atoms with Gasteiger partial charge in [0.2, 0.25) is 0 Å². The van der Waals surface area contributed by atoms with Gasteiger partial charge in [-0.1, -0.05) is 63.6 Å². The van der Waals surface area contributed by atoms with Gasteiger partial charge in [-0.25, -0.2) is 4.68 Å². The summed E-state index contributed by atoms with van der Waals surface area (Å²) in [6.07, 6.45) is 1.94. The van der Waals surface area contributed by atoms with E-state index in [9.17, 15) is 0 Å². The Labute approximate surface area is 120 Å². The summed E-state index contributed by atoms with van der Waals surface area (Å²) in [7, 11) is 0. The summed E-state index contributed by atoms with van der Waals surface area (Å²) in [6.45, 7) is 0. The number of halogens is 1. The molecule has 4 heteroatoms. The van der Waals surface area contributed by atoms with Gasteiger partial charge in [-0.15, -0.1) is 5.10 Å². The smallest absolute Gasteiger partial charge is 0.113 e. The zero-order valence-corrected chi connectivity index (χ0v) is 11.8. The summed E-state index contributed by atoms with van der Waals surface area (Å²) in [6, 6.07) is 18.3. The normalized spacial score (nSPS) is 10.6. The van der Waals surface area contributed by atoms with Gasteiger partial charge < -0.3 is 0 Å². The minimum atomic E-state index is 0.861. The molecular formula is C15H12BrN3. The first-order chi connectivity index (χ1) is 9.36. The topological polar surface area (TPSA) is 30.7 Å². The number of rotatable bonds is 3. The number of benzene rings is 2. The maximum atomic E-state index is 4.21. The molecule has 0 aliphatic heterocycles. The van der Waals surface area contributed by atoms with Gasteiger partial charge >= 0.3 is 0 Å². The second kappa shape index (κ2) is 5.36. The molecule has 0 spiro atoms. The van der Waals surface area contributed by atoms with Crippen LogP contribution in [0.4, 0.5) is 0 Å². The van der Waals surface area contributed by atoms with E-state index in [1.807, 2.05) is 48.7 Å². The van der Waals surface area contributed by atoms with Crippen molar-refractivity contribution in [3.8, 4) is 16.9 Å². The first-order valence-electron chi connectivity index (χ1n) is 6.00. The molecular weight excluding hydrogens is 302 g/mol. The third-order valence-corrected chi connectivity index (χ3v) is 3.57. The molecule has 0 unspecified atom stereocenters. The number of nitrogens with zero attached hydrogens (tertiary/aromatic N) is 3. The van der Waals surface area contributed by atoms with Crippen molar-refractivity contribution in [1.82, 2.24) is 15.0 Å². The molecule has 94 valence electrons. The molecule has 0 aliphatic rings. The van der Waals surface area contributed by atoms with Gasteiger partial charge in [-0.3, -0.25) is 0 Å². The molecule has 0 fully saturated rings. The van der Waals surface area contributed by atoms with Crippen LogP contribution in [0.1, 0.15) is 5.56 Å². The molecule has 0 saturated carbocycles. The Morgan fingerprint density at radius 1 is 0.947 bits per heavy atom. The molecule has 2 aromatic carbocycles. The zero-order chi connectivity index (χ0) is 13.1. The van der Waals surface area contributed by atoms with Crippen LogP contribution in [0.25, 0.3) is 16.9 Å². The standard InChI is InChI=1S/C15H12BrN3/c16-10-12-6-8-14(9-7-12)19-11-15(17-18-19)13-4-2-1-3-5-13/h1-9,11H,10H2. The van der Waals surface area contributed by atoms with Crippen molar-refractivity contribution in [3.05, 3.63) is 66.4 Å².